The number of carbonyl (C=O) groups is 1. The molecule has 2 aromatic rings. The van der Waals surface area contributed by atoms with E-state index in [-0.39, 0.29) is 18.1 Å². The number of carbonyl (C=O) groups excluding carboxylic acids is 1. The molecule has 25 heavy (non-hydrogen) atoms. The van der Waals surface area contributed by atoms with Crippen LogP contribution < -0.4 is 19.6 Å². The second-order valence-corrected chi connectivity index (χ2v) is 5.05. The monoisotopic (exact) mass is 346 g/mol. The Kier molecular flexibility index (Phi) is 6.33. The molecule has 0 bridgehead atoms. The highest BCUT2D eigenvalue weighted by Gasteiger charge is 2.10. The zero-order valence-electron chi connectivity index (χ0n) is 14.2. The number of hydrogen-bond acceptors (Lipinski definition) is 5. The van der Waals surface area contributed by atoms with E-state index >= 15 is 0 Å². The van der Waals surface area contributed by atoms with Gasteiger partial charge in [-0.2, -0.15) is 5.10 Å². The van der Waals surface area contributed by atoms with Gasteiger partial charge in [-0.05, 0) is 23.8 Å². The highest BCUT2D eigenvalue weighted by molar-refractivity contribution is 5.87. The van der Waals surface area contributed by atoms with Crippen LogP contribution in [0.5, 0.6) is 17.2 Å². The van der Waals surface area contributed by atoms with Crippen molar-refractivity contribution in [2.75, 3.05) is 21.3 Å². The minimum Gasteiger partial charge on any atom is -0.496 e. The van der Waals surface area contributed by atoms with Crippen molar-refractivity contribution in [1.29, 1.82) is 0 Å². The average molecular weight is 346 g/mol. The van der Waals surface area contributed by atoms with Crippen molar-refractivity contribution in [2.24, 2.45) is 5.10 Å². The second kappa shape index (κ2) is 8.68. The lowest BCUT2D eigenvalue weighted by Crippen LogP contribution is -2.19. The van der Waals surface area contributed by atoms with E-state index < -0.39 is 0 Å². The van der Waals surface area contributed by atoms with Crippen LogP contribution in [0.4, 0.5) is 4.39 Å². The highest BCUT2D eigenvalue weighted by Crippen LogP contribution is 2.33. The molecule has 7 heteroatoms. The maximum atomic E-state index is 12.8. The first-order valence-corrected chi connectivity index (χ1v) is 7.43. The molecule has 0 aliphatic carbocycles. The highest BCUT2D eigenvalue weighted by atomic mass is 19.1. The van der Waals surface area contributed by atoms with E-state index in [0.717, 1.165) is 0 Å². The molecule has 0 saturated heterocycles. The van der Waals surface area contributed by atoms with Gasteiger partial charge in [-0.25, -0.2) is 9.82 Å². The topological polar surface area (TPSA) is 69.2 Å². The Morgan fingerprint density at radius 2 is 1.64 bits per heavy atom. The fraction of sp³-hybridized carbons (Fsp3) is 0.222. The summed E-state index contributed by atoms with van der Waals surface area (Å²) in [6, 6.07) is 9.07. The lowest BCUT2D eigenvalue weighted by atomic mass is 10.1. The van der Waals surface area contributed by atoms with Gasteiger partial charge in [0.2, 0.25) is 5.91 Å². The van der Waals surface area contributed by atoms with Gasteiger partial charge in [0.25, 0.3) is 0 Å². The van der Waals surface area contributed by atoms with Crippen LogP contribution in [-0.4, -0.2) is 33.5 Å². The quantitative estimate of drug-likeness (QED) is 0.618. The summed E-state index contributed by atoms with van der Waals surface area (Å²) in [6.45, 7) is 0. The van der Waals surface area contributed by atoms with Gasteiger partial charge >= 0.3 is 0 Å². The Morgan fingerprint density at radius 1 is 1.04 bits per heavy atom. The third-order valence-corrected chi connectivity index (χ3v) is 3.41. The molecule has 0 atom stereocenters. The van der Waals surface area contributed by atoms with Gasteiger partial charge < -0.3 is 14.2 Å². The molecule has 0 spiro atoms. The fourth-order valence-electron chi connectivity index (χ4n) is 2.15. The predicted molar refractivity (Wildman–Crippen MR) is 91.9 cm³/mol. The van der Waals surface area contributed by atoms with Gasteiger partial charge in [0.05, 0.1) is 34.0 Å². The summed E-state index contributed by atoms with van der Waals surface area (Å²) < 4.78 is 28.6. The lowest BCUT2D eigenvalue weighted by molar-refractivity contribution is -0.120. The number of halogens is 1. The number of rotatable bonds is 7. The van der Waals surface area contributed by atoms with E-state index in [0.29, 0.717) is 28.4 Å². The van der Waals surface area contributed by atoms with Crippen molar-refractivity contribution < 1.29 is 23.4 Å². The van der Waals surface area contributed by atoms with E-state index in [1.54, 1.807) is 24.3 Å². The Bertz CT molecular complexity index is 760. The Hall–Kier alpha value is -3.09. The third kappa shape index (κ3) is 4.94. The number of ether oxygens (including phenoxy) is 3. The number of nitrogens with zero attached hydrogens (tertiary/aromatic N) is 1. The minimum atomic E-state index is -0.345. The Balaban J connectivity index is 2.05. The van der Waals surface area contributed by atoms with Crippen LogP contribution in [-0.2, 0) is 11.2 Å². The number of hydrazone groups is 1. The normalized spacial score (nSPS) is 10.6. The average Bonchev–Trinajstić information content (AvgIpc) is 2.63. The molecule has 0 fully saturated rings. The first-order chi connectivity index (χ1) is 12.1. The third-order valence-electron chi connectivity index (χ3n) is 3.41. The number of amides is 1. The first-order valence-electron chi connectivity index (χ1n) is 7.43. The zero-order valence-corrected chi connectivity index (χ0v) is 14.2. The standard InChI is InChI=1S/C18H19FN2O4/c1-23-15-10-17(25-3)16(24-2)9-13(15)11-20-21-18(22)8-12-4-6-14(19)7-5-12/h4-7,9-11H,8H2,1-3H3,(H,21,22)/b20-11+. The van der Waals surface area contributed by atoms with Crippen molar-refractivity contribution in [3.8, 4) is 17.2 Å². The van der Waals surface area contributed by atoms with Crippen LogP contribution in [0, 0.1) is 5.82 Å². The van der Waals surface area contributed by atoms with Gasteiger partial charge in [-0.3, -0.25) is 4.79 Å². The van der Waals surface area contributed by atoms with E-state index in [2.05, 4.69) is 10.5 Å². The van der Waals surface area contributed by atoms with Crippen molar-refractivity contribution in [1.82, 2.24) is 5.43 Å². The molecule has 0 unspecified atom stereocenters. The van der Waals surface area contributed by atoms with Gasteiger partial charge in [-0.15, -0.1) is 0 Å². The summed E-state index contributed by atoms with van der Waals surface area (Å²) in [6.07, 6.45) is 1.55. The van der Waals surface area contributed by atoms with Crippen LogP contribution in [0.15, 0.2) is 41.5 Å². The largest absolute Gasteiger partial charge is 0.496 e. The molecule has 0 aromatic heterocycles. The van der Waals surface area contributed by atoms with Crippen LogP contribution in [0.1, 0.15) is 11.1 Å². The number of methoxy groups -OCH3 is 3. The molecule has 1 amide bonds. The zero-order chi connectivity index (χ0) is 18.2. The summed E-state index contributed by atoms with van der Waals surface area (Å²) in [5.41, 5.74) is 3.73. The molecular formula is C18H19FN2O4. The molecule has 0 aliphatic heterocycles. The fourth-order valence-corrected chi connectivity index (χ4v) is 2.15. The number of nitrogens with one attached hydrogen (secondary N) is 1. The second-order valence-electron chi connectivity index (χ2n) is 5.05. The van der Waals surface area contributed by atoms with Crippen molar-refractivity contribution in [3.63, 3.8) is 0 Å². The molecule has 0 saturated carbocycles. The van der Waals surface area contributed by atoms with Crippen molar-refractivity contribution in [2.45, 2.75) is 6.42 Å². The molecule has 0 radical (unpaired) electrons. The molecular weight excluding hydrogens is 327 g/mol. The molecule has 2 rings (SSSR count). The molecule has 6 nitrogen and oxygen atoms in total. The molecule has 1 N–H and O–H groups in total. The molecule has 132 valence electrons. The number of benzene rings is 2. The van der Waals surface area contributed by atoms with Crippen molar-refractivity contribution in [3.05, 3.63) is 53.3 Å². The smallest absolute Gasteiger partial charge is 0.244 e. The SMILES string of the molecule is COc1cc(OC)c(OC)cc1/C=N/NC(=O)Cc1ccc(F)cc1. The van der Waals surface area contributed by atoms with Crippen LogP contribution in [0.25, 0.3) is 0 Å². The predicted octanol–water partition coefficient (Wildman–Crippen LogP) is 2.54. The van der Waals surface area contributed by atoms with Gasteiger partial charge in [0.15, 0.2) is 11.5 Å². The van der Waals surface area contributed by atoms with Gasteiger partial charge in [-0.1, -0.05) is 12.1 Å². The van der Waals surface area contributed by atoms with E-state index in [1.807, 2.05) is 0 Å². The summed E-state index contributed by atoms with van der Waals surface area (Å²) in [5.74, 6) is 0.901. The summed E-state index contributed by atoms with van der Waals surface area (Å²) in [7, 11) is 4.57. The van der Waals surface area contributed by atoms with Crippen LogP contribution in [0.2, 0.25) is 0 Å². The summed E-state index contributed by atoms with van der Waals surface area (Å²) in [5, 5.41) is 3.92. The van der Waals surface area contributed by atoms with Crippen molar-refractivity contribution >= 4 is 12.1 Å². The van der Waals surface area contributed by atoms with Crippen LogP contribution >= 0.6 is 0 Å². The Labute approximate surface area is 145 Å². The summed E-state index contributed by atoms with van der Waals surface area (Å²) in [4.78, 5) is 11.9. The maximum Gasteiger partial charge on any atom is 0.244 e. The van der Waals surface area contributed by atoms with Crippen LogP contribution in [0.3, 0.4) is 0 Å². The molecule has 2 aromatic carbocycles. The Morgan fingerprint density at radius 3 is 2.24 bits per heavy atom. The number of hydrogen-bond donors (Lipinski definition) is 1. The maximum absolute atomic E-state index is 12.8. The van der Waals surface area contributed by atoms with E-state index in [4.69, 9.17) is 14.2 Å². The minimum absolute atomic E-state index is 0.0979. The van der Waals surface area contributed by atoms with Gasteiger partial charge in [0.1, 0.15) is 11.6 Å². The lowest BCUT2D eigenvalue weighted by Gasteiger charge is -2.11. The molecule has 0 aliphatic rings. The van der Waals surface area contributed by atoms with Gasteiger partial charge in [0, 0.05) is 11.6 Å². The first kappa shape index (κ1) is 18.3. The van der Waals surface area contributed by atoms with E-state index in [9.17, 15) is 9.18 Å². The molecule has 0 heterocycles. The van der Waals surface area contributed by atoms with E-state index in [1.165, 1.54) is 39.7 Å². The summed E-state index contributed by atoms with van der Waals surface area (Å²) >= 11 is 0.